The van der Waals surface area contributed by atoms with Crippen LogP contribution in [0, 0.1) is 12.3 Å². The lowest BCUT2D eigenvalue weighted by Gasteiger charge is -2.44. The molecule has 35 heavy (non-hydrogen) atoms. The molecule has 1 heterocycles. The normalized spacial score (nSPS) is 25.1. The highest BCUT2D eigenvalue weighted by atomic mass is 28.4. The van der Waals surface area contributed by atoms with Crippen LogP contribution in [0.3, 0.4) is 0 Å². The molecule has 0 amide bonds. The summed E-state index contributed by atoms with van der Waals surface area (Å²) in [5.74, 6) is 2.67. The molecule has 1 aliphatic rings. The number of ether oxygens (including phenoxy) is 2. The van der Waals surface area contributed by atoms with E-state index in [4.69, 9.17) is 29.2 Å². The summed E-state index contributed by atoms with van der Waals surface area (Å²) in [5.41, 5.74) is 0. The summed E-state index contributed by atoms with van der Waals surface area (Å²) in [6, 6.07) is 0. The second-order valence-corrected chi connectivity index (χ2v) is 28.9. The molecule has 1 aliphatic heterocycles. The van der Waals surface area contributed by atoms with Gasteiger partial charge >= 0.3 is 0 Å². The largest absolute Gasteiger partial charge is 0.414 e. The minimum Gasteiger partial charge on any atom is -0.414 e. The van der Waals surface area contributed by atoms with Gasteiger partial charge in [0, 0.05) is 6.42 Å². The minimum atomic E-state index is -2.14. The Kier molecular flexibility index (Phi) is 10.8. The van der Waals surface area contributed by atoms with Gasteiger partial charge in [0.05, 0.1) is 13.2 Å². The van der Waals surface area contributed by atoms with Crippen molar-refractivity contribution in [3.8, 4) is 12.3 Å². The maximum Gasteiger partial charge on any atom is 0.192 e. The van der Waals surface area contributed by atoms with E-state index in [0.29, 0.717) is 19.6 Å². The molecule has 0 aromatic rings. The standard InChI is InChI=1S/C27H56O5Si3/c1-17-18-19-28-24-23(32-35(15,16)27(8,9)10)22(31-34(13,14)26(5,6)7)21(30-24)20-29-33(11,12)25(2,3)4/h1,21-24H,18-20H2,2-16H3/t21-,22-,23-,24+/m1/s1. The molecule has 4 atom stereocenters. The summed E-state index contributed by atoms with van der Waals surface area (Å²) >= 11 is 0. The number of hydrogen-bond donors (Lipinski definition) is 0. The van der Waals surface area contributed by atoms with E-state index >= 15 is 0 Å². The van der Waals surface area contributed by atoms with Crippen LogP contribution in [-0.2, 0) is 22.8 Å². The smallest absolute Gasteiger partial charge is 0.192 e. The van der Waals surface area contributed by atoms with Gasteiger partial charge in [-0.25, -0.2) is 0 Å². The molecule has 1 rings (SSSR count). The van der Waals surface area contributed by atoms with Gasteiger partial charge in [0.2, 0.25) is 0 Å². The van der Waals surface area contributed by atoms with E-state index in [9.17, 15) is 0 Å². The molecule has 0 aromatic carbocycles. The lowest BCUT2D eigenvalue weighted by atomic mass is 10.1. The fraction of sp³-hybridized carbons (Fsp3) is 0.926. The van der Waals surface area contributed by atoms with Crippen LogP contribution < -0.4 is 0 Å². The van der Waals surface area contributed by atoms with Crippen molar-refractivity contribution < 1.29 is 22.8 Å². The average molecular weight is 545 g/mol. The van der Waals surface area contributed by atoms with Crippen LogP contribution in [0.1, 0.15) is 68.7 Å². The molecule has 5 nitrogen and oxygen atoms in total. The van der Waals surface area contributed by atoms with Gasteiger partial charge in [-0.05, 0) is 54.4 Å². The molecule has 0 aromatic heterocycles. The fourth-order valence-corrected chi connectivity index (χ4v) is 6.62. The Bertz CT molecular complexity index is 723. The Morgan fingerprint density at radius 2 is 1.14 bits per heavy atom. The second-order valence-electron chi connectivity index (χ2n) is 14.6. The fourth-order valence-electron chi connectivity index (χ4n) is 3.00. The molecule has 0 unspecified atom stereocenters. The molecule has 1 fully saturated rings. The van der Waals surface area contributed by atoms with E-state index in [0.717, 1.165) is 0 Å². The molecule has 0 aliphatic carbocycles. The van der Waals surface area contributed by atoms with Crippen molar-refractivity contribution in [3.05, 3.63) is 0 Å². The van der Waals surface area contributed by atoms with E-state index in [1.54, 1.807) is 0 Å². The van der Waals surface area contributed by atoms with Crippen LogP contribution in [0.4, 0.5) is 0 Å². The zero-order chi connectivity index (χ0) is 27.7. The van der Waals surface area contributed by atoms with Gasteiger partial charge in [0.25, 0.3) is 0 Å². The molecule has 0 spiro atoms. The van der Waals surface area contributed by atoms with E-state index in [2.05, 4.69) is 108 Å². The molecule has 0 bridgehead atoms. The third-order valence-electron chi connectivity index (χ3n) is 8.68. The van der Waals surface area contributed by atoms with Gasteiger partial charge < -0.3 is 22.8 Å². The number of hydrogen-bond acceptors (Lipinski definition) is 5. The van der Waals surface area contributed by atoms with Crippen molar-refractivity contribution in [2.45, 2.75) is 148 Å². The summed E-state index contributed by atoms with van der Waals surface area (Å²) in [5, 5.41) is 0.219. The molecule has 1 saturated heterocycles. The Hall–Kier alpha value is 0.0106. The van der Waals surface area contributed by atoms with Crippen molar-refractivity contribution in [3.63, 3.8) is 0 Å². The highest BCUT2D eigenvalue weighted by Crippen LogP contribution is 2.44. The van der Waals surface area contributed by atoms with Crippen molar-refractivity contribution >= 4 is 25.0 Å². The van der Waals surface area contributed by atoms with Gasteiger partial charge in [0.15, 0.2) is 31.2 Å². The van der Waals surface area contributed by atoms with Gasteiger partial charge in [-0.3, -0.25) is 0 Å². The molecule has 0 radical (unpaired) electrons. The van der Waals surface area contributed by atoms with Crippen LogP contribution in [-0.4, -0.2) is 62.8 Å². The van der Waals surface area contributed by atoms with E-state index in [1.807, 2.05) is 0 Å². The first-order valence-electron chi connectivity index (χ1n) is 13.2. The van der Waals surface area contributed by atoms with Crippen molar-refractivity contribution in [1.82, 2.24) is 0 Å². The molecular formula is C27H56O5Si3. The van der Waals surface area contributed by atoms with Crippen LogP contribution in [0.15, 0.2) is 0 Å². The molecule has 206 valence electrons. The molecular weight excluding hydrogens is 489 g/mol. The highest BCUT2D eigenvalue weighted by molar-refractivity contribution is 6.75. The monoisotopic (exact) mass is 544 g/mol. The number of rotatable bonds is 10. The Labute approximate surface area is 220 Å². The van der Waals surface area contributed by atoms with Crippen LogP contribution in [0.2, 0.25) is 54.4 Å². The summed E-state index contributed by atoms with van der Waals surface area (Å²) in [4.78, 5) is 0. The third kappa shape index (κ3) is 8.51. The minimum absolute atomic E-state index is 0.0492. The first kappa shape index (κ1) is 33.0. The first-order valence-corrected chi connectivity index (χ1v) is 21.9. The summed E-state index contributed by atoms with van der Waals surface area (Å²) in [6.45, 7) is 34.9. The van der Waals surface area contributed by atoms with Crippen LogP contribution in [0.5, 0.6) is 0 Å². The quantitative estimate of drug-likeness (QED) is 0.161. The van der Waals surface area contributed by atoms with Gasteiger partial charge in [0.1, 0.15) is 18.3 Å². The van der Waals surface area contributed by atoms with Crippen molar-refractivity contribution in [1.29, 1.82) is 0 Å². The summed E-state index contributed by atoms with van der Waals surface area (Å²) < 4.78 is 33.5. The zero-order valence-electron chi connectivity index (χ0n) is 25.5. The van der Waals surface area contributed by atoms with Gasteiger partial charge in [-0.1, -0.05) is 62.3 Å². The molecule has 0 N–H and O–H groups in total. The lowest BCUT2D eigenvalue weighted by Crippen LogP contribution is -2.55. The Balaban J connectivity index is 3.40. The zero-order valence-corrected chi connectivity index (χ0v) is 28.5. The SMILES string of the molecule is C#CCCO[C@H]1O[C@H](CO[Si](C)(C)C(C)(C)C)[C@@H](O[Si](C)(C)C(C)(C)C)[C@H]1O[Si](C)(C)C(C)(C)C. The van der Waals surface area contributed by atoms with Crippen molar-refractivity contribution in [2.75, 3.05) is 13.2 Å². The maximum atomic E-state index is 7.06. The Morgan fingerprint density at radius 3 is 1.54 bits per heavy atom. The van der Waals surface area contributed by atoms with E-state index in [1.165, 1.54) is 0 Å². The molecule has 0 saturated carbocycles. The predicted molar refractivity (Wildman–Crippen MR) is 155 cm³/mol. The number of terminal acetylenes is 1. The van der Waals surface area contributed by atoms with Crippen LogP contribution in [0.25, 0.3) is 0 Å². The summed E-state index contributed by atoms with van der Waals surface area (Å²) in [7, 11) is -6.24. The van der Waals surface area contributed by atoms with E-state index in [-0.39, 0.29) is 33.4 Å². The lowest BCUT2D eigenvalue weighted by molar-refractivity contribution is -0.164. The average Bonchev–Trinajstić information content (AvgIpc) is 2.93. The second kappa shape index (κ2) is 11.4. The van der Waals surface area contributed by atoms with Crippen molar-refractivity contribution in [2.24, 2.45) is 0 Å². The maximum absolute atomic E-state index is 7.06. The van der Waals surface area contributed by atoms with Gasteiger partial charge in [-0.2, -0.15) is 0 Å². The third-order valence-corrected chi connectivity index (χ3v) is 22.1. The topological polar surface area (TPSA) is 46.2 Å². The predicted octanol–water partition coefficient (Wildman–Crippen LogP) is 7.55. The Morgan fingerprint density at radius 1 is 0.714 bits per heavy atom. The first-order chi connectivity index (χ1) is 15.5. The van der Waals surface area contributed by atoms with E-state index < -0.39 is 31.2 Å². The molecule has 8 heteroatoms. The van der Waals surface area contributed by atoms with Crippen LogP contribution >= 0.6 is 0 Å². The van der Waals surface area contributed by atoms with Gasteiger partial charge in [-0.15, -0.1) is 12.3 Å². The summed E-state index contributed by atoms with van der Waals surface area (Å²) in [6.07, 6.45) is 4.66. The highest BCUT2D eigenvalue weighted by Gasteiger charge is 2.54.